The van der Waals surface area contributed by atoms with Crippen LogP contribution in [0.4, 0.5) is 4.39 Å². The molecule has 2 heterocycles. The molecule has 0 radical (unpaired) electrons. The summed E-state index contributed by atoms with van der Waals surface area (Å²) in [4.78, 5) is 23.0. The molecule has 20 heavy (non-hydrogen) atoms. The van der Waals surface area contributed by atoms with Crippen LogP contribution in [-0.4, -0.2) is 30.6 Å². The molecule has 1 unspecified atom stereocenters. The molecule has 3 rings (SSSR count). The first-order valence-corrected chi connectivity index (χ1v) is 6.88. The van der Waals surface area contributed by atoms with Gasteiger partial charge in [-0.15, -0.1) is 0 Å². The van der Waals surface area contributed by atoms with E-state index < -0.39 is 5.67 Å². The van der Waals surface area contributed by atoms with E-state index in [0.29, 0.717) is 32.4 Å². The number of nitrogens with one attached hydrogen (secondary N) is 2. The number of rotatable bonds is 3. The van der Waals surface area contributed by atoms with Crippen molar-refractivity contribution in [2.75, 3.05) is 13.1 Å². The maximum atomic E-state index is 14.1. The Morgan fingerprint density at radius 2 is 2.10 bits per heavy atom. The molecular weight excluding hydrogens is 259 g/mol. The van der Waals surface area contributed by atoms with Crippen molar-refractivity contribution in [3.63, 3.8) is 0 Å². The third kappa shape index (κ3) is 2.58. The molecular formula is C15H17FN2O2. The predicted octanol–water partition coefficient (Wildman–Crippen LogP) is 1.06. The SMILES string of the molecule is O=C1CCC(c2cccc(CC3(F)CNC3)c2)C(=O)N1. The number of carbonyl (C=O) groups is 2. The second kappa shape index (κ2) is 4.98. The van der Waals surface area contributed by atoms with Gasteiger partial charge in [-0.3, -0.25) is 14.9 Å². The molecule has 1 aromatic rings. The number of halogens is 1. The molecule has 2 amide bonds. The lowest BCUT2D eigenvalue weighted by molar-refractivity contribution is -0.134. The number of imide groups is 1. The van der Waals surface area contributed by atoms with Crippen LogP contribution in [0.1, 0.15) is 29.9 Å². The standard InChI is InChI=1S/C15H17FN2O2/c16-15(8-17-9-15)7-10-2-1-3-11(6-10)12-4-5-13(19)18-14(12)20/h1-3,6,12,17H,4-5,7-9H2,(H,18,19,20). The third-order valence-electron chi connectivity index (χ3n) is 4.00. The third-order valence-corrected chi connectivity index (χ3v) is 4.00. The first kappa shape index (κ1) is 13.2. The van der Waals surface area contributed by atoms with Crippen LogP contribution < -0.4 is 10.6 Å². The second-order valence-corrected chi connectivity index (χ2v) is 5.68. The van der Waals surface area contributed by atoms with Gasteiger partial charge >= 0.3 is 0 Å². The Morgan fingerprint density at radius 3 is 2.75 bits per heavy atom. The average Bonchev–Trinajstić information content (AvgIpc) is 2.37. The summed E-state index contributed by atoms with van der Waals surface area (Å²) in [5.74, 6) is -0.771. The van der Waals surface area contributed by atoms with E-state index in [4.69, 9.17) is 0 Å². The van der Waals surface area contributed by atoms with E-state index in [0.717, 1.165) is 11.1 Å². The number of carbonyl (C=O) groups excluding carboxylic acids is 2. The van der Waals surface area contributed by atoms with Gasteiger partial charge in [0, 0.05) is 25.9 Å². The van der Waals surface area contributed by atoms with Crippen molar-refractivity contribution in [2.45, 2.75) is 30.8 Å². The highest BCUT2D eigenvalue weighted by atomic mass is 19.1. The normalized spacial score (nSPS) is 24.9. The van der Waals surface area contributed by atoms with Crippen LogP contribution in [0.5, 0.6) is 0 Å². The summed E-state index contributed by atoms with van der Waals surface area (Å²) >= 11 is 0. The summed E-state index contributed by atoms with van der Waals surface area (Å²) in [6, 6.07) is 7.49. The molecule has 1 aromatic carbocycles. The maximum Gasteiger partial charge on any atom is 0.234 e. The zero-order valence-electron chi connectivity index (χ0n) is 11.1. The van der Waals surface area contributed by atoms with Crippen LogP contribution in [0, 0.1) is 0 Å². The fraction of sp³-hybridized carbons (Fsp3) is 0.467. The van der Waals surface area contributed by atoms with Gasteiger partial charge in [0.2, 0.25) is 11.8 Å². The summed E-state index contributed by atoms with van der Waals surface area (Å²) in [6.45, 7) is 0.769. The molecule has 2 saturated heterocycles. The lowest BCUT2D eigenvalue weighted by Gasteiger charge is -2.35. The minimum atomic E-state index is -1.16. The quantitative estimate of drug-likeness (QED) is 0.812. The van der Waals surface area contributed by atoms with Crippen LogP contribution in [0.2, 0.25) is 0 Å². The second-order valence-electron chi connectivity index (χ2n) is 5.68. The molecule has 2 aliphatic rings. The number of hydrogen-bond acceptors (Lipinski definition) is 3. The Balaban J connectivity index is 1.77. The monoisotopic (exact) mass is 276 g/mol. The van der Waals surface area contributed by atoms with Crippen molar-refractivity contribution in [2.24, 2.45) is 0 Å². The smallest absolute Gasteiger partial charge is 0.234 e. The zero-order valence-corrected chi connectivity index (χ0v) is 11.1. The fourth-order valence-electron chi connectivity index (χ4n) is 2.82. The average molecular weight is 276 g/mol. The van der Waals surface area contributed by atoms with Gasteiger partial charge in [0.05, 0.1) is 5.92 Å². The number of hydrogen-bond donors (Lipinski definition) is 2. The van der Waals surface area contributed by atoms with Gasteiger partial charge in [-0.05, 0) is 17.5 Å². The highest BCUT2D eigenvalue weighted by Gasteiger charge is 2.37. The molecule has 5 heteroatoms. The molecule has 2 aliphatic heterocycles. The molecule has 0 spiro atoms. The molecule has 0 saturated carbocycles. The first-order valence-electron chi connectivity index (χ1n) is 6.88. The Morgan fingerprint density at radius 1 is 1.30 bits per heavy atom. The van der Waals surface area contributed by atoms with E-state index in [2.05, 4.69) is 10.6 Å². The van der Waals surface area contributed by atoms with Crippen LogP contribution in [0.15, 0.2) is 24.3 Å². The Labute approximate surface area is 116 Å². The highest BCUT2D eigenvalue weighted by molar-refractivity contribution is 6.00. The number of amides is 2. The van der Waals surface area contributed by atoms with Gasteiger partial charge < -0.3 is 5.32 Å². The van der Waals surface area contributed by atoms with Crippen molar-refractivity contribution in [1.29, 1.82) is 0 Å². The fourth-order valence-corrected chi connectivity index (χ4v) is 2.82. The summed E-state index contributed by atoms with van der Waals surface area (Å²) in [5, 5.41) is 5.29. The van der Waals surface area contributed by atoms with E-state index in [9.17, 15) is 14.0 Å². The van der Waals surface area contributed by atoms with Crippen molar-refractivity contribution in [3.05, 3.63) is 35.4 Å². The summed E-state index contributed by atoms with van der Waals surface area (Å²) in [5.41, 5.74) is 0.600. The number of benzene rings is 1. The Bertz CT molecular complexity index is 555. The molecule has 0 aliphatic carbocycles. The molecule has 2 fully saturated rings. The Hall–Kier alpha value is -1.75. The lowest BCUT2D eigenvalue weighted by Crippen LogP contribution is -2.57. The van der Waals surface area contributed by atoms with Crippen molar-refractivity contribution in [3.8, 4) is 0 Å². The van der Waals surface area contributed by atoms with E-state index in [1.165, 1.54) is 0 Å². The molecule has 1 atom stereocenters. The molecule has 2 N–H and O–H groups in total. The minimum absolute atomic E-state index is 0.217. The highest BCUT2D eigenvalue weighted by Crippen LogP contribution is 2.28. The maximum absolute atomic E-state index is 14.1. The first-order chi connectivity index (χ1) is 9.56. The van der Waals surface area contributed by atoms with Gasteiger partial charge in [0.25, 0.3) is 0 Å². The van der Waals surface area contributed by atoms with Crippen molar-refractivity contribution < 1.29 is 14.0 Å². The number of piperidine rings is 1. The predicted molar refractivity (Wildman–Crippen MR) is 72.0 cm³/mol. The minimum Gasteiger partial charge on any atom is -0.310 e. The summed E-state index contributed by atoms with van der Waals surface area (Å²) < 4.78 is 14.1. The molecule has 0 bridgehead atoms. The molecule has 4 nitrogen and oxygen atoms in total. The van der Waals surface area contributed by atoms with E-state index in [-0.39, 0.29) is 17.7 Å². The van der Waals surface area contributed by atoms with Gasteiger partial charge in [0.1, 0.15) is 5.67 Å². The topological polar surface area (TPSA) is 58.2 Å². The van der Waals surface area contributed by atoms with Crippen molar-refractivity contribution in [1.82, 2.24) is 10.6 Å². The van der Waals surface area contributed by atoms with Crippen molar-refractivity contribution >= 4 is 11.8 Å². The zero-order chi connectivity index (χ0) is 14.2. The molecule has 106 valence electrons. The van der Waals surface area contributed by atoms with E-state index in [1.807, 2.05) is 24.3 Å². The van der Waals surface area contributed by atoms with Crippen LogP contribution in [-0.2, 0) is 16.0 Å². The largest absolute Gasteiger partial charge is 0.310 e. The molecule has 0 aromatic heterocycles. The van der Waals surface area contributed by atoms with Crippen LogP contribution >= 0.6 is 0 Å². The van der Waals surface area contributed by atoms with Crippen LogP contribution in [0.3, 0.4) is 0 Å². The van der Waals surface area contributed by atoms with Crippen LogP contribution in [0.25, 0.3) is 0 Å². The van der Waals surface area contributed by atoms with Gasteiger partial charge in [-0.2, -0.15) is 0 Å². The Kier molecular flexibility index (Phi) is 3.30. The summed E-state index contributed by atoms with van der Waals surface area (Å²) in [6.07, 6.45) is 1.25. The van der Waals surface area contributed by atoms with Gasteiger partial charge in [-0.25, -0.2) is 4.39 Å². The summed E-state index contributed by atoms with van der Waals surface area (Å²) in [7, 11) is 0. The van der Waals surface area contributed by atoms with E-state index in [1.54, 1.807) is 0 Å². The number of alkyl halides is 1. The van der Waals surface area contributed by atoms with Gasteiger partial charge in [-0.1, -0.05) is 24.3 Å². The lowest BCUT2D eigenvalue weighted by atomic mass is 9.86. The van der Waals surface area contributed by atoms with E-state index >= 15 is 0 Å². The van der Waals surface area contributed by atoms with Gasteiger partial charge in [0.15, 0.2) is 0 Å².